The Balaban J connectivity index is 1.29. The van der Waals surface area contributed by atoms with E-state index in [2.05, 4.69) is 9.88 Å². The first kappa shape index (κ1) is 26.5. The molecule has 9 heteroatoms. The van der Waals surface area contributed by atoms with Crippen molar-refractivity contribution >= 4 is 34.5 Å². The number of amides is 1. The summed E-state index contributed by atoms with van der Waals surface area (Å²) in [5, 5.41) is 0.608. The zero-order valence-corrected chi connectivity index (χ0v) is 23.1. The van der Waals surface area contributed by atoms with Crippen LogP contribution in [0.25, 0.3) is 16.2 Å². The lowest BCUT2D eigenvalue weighted by Crippen LogP contribution is -2.30. The van der Waals surface area contributed by atoms with Crippen LogP contribution in [-0.4, -0.2) is 46.4 Å². The smallest absolute Gasteiger partial charge is 0.262 e. The Kier molecular flexibility index (Phi) is 8.51. The number of nitrogens with two attached hydrogens (primary N) is 1. The third-order valence-corrected chi connectivity index (χ3v) is 8.38. The highest BCUT2D eigenvalue weighted by Gasteiger charge is 2.21. The Bertz CT molecular complexity index is 1400. The molecule has 0 spiro atoms. The van der Waals surface area contributed by atoms with Gasteiger partial charge in [0.05, 0.1) is 29.6 Å². The van der Waals surface area contributed by atoms with Crippen molar-refractivity contribution in [2.24, 2.45) is 5.73 Å². The summed E-state index contributed by atoms with van der Waals surface area (Å²) in [6.45, 7) is 6.17. The normalized spacial score (nSPS) is 15.0. The van der Waals surface area contributed by atoms with Gasteiger partial charge in [-0.1, -0.05) is 36.2 Å². The summed E-state index contributed by atoms with van der Waals surface area (Å²) in [4.78, 5) is 20.5. The van der Waals surface area contributed by atoms with E-state index < -0.39 is 5.91 Å². The van der Waals surface area contributed by atoms with Gasteiger partial charge in [0, 0.05) is 16.7 Å². The van der Waals surface area contributed by atoms with Crippen molar-refractivity contribution < 1.29 is 14.3 Å². The number of unbranched alkanes of at least 4 members (excludes halogenated alkanes) is 1. The lowest BCUT2D eigenvalue weighted by molar-refractivity contribution is 0.0998. The van der Waals surface area contributed by atoms with Gasteiger partial charge in [0.2, 0.25) is 0 Å². The third-order valence-electron chi connectivity index (χ3n) is 6.89. The van der Waals surface area contributed by atoms with Crippen LogP contribution in [0.5, 0.6) is 11.5 Å². The number of aromatic nitrogens is 2. The number of carbonyl (C=O) groups is 1. The Hall–Kier alpha value is -3.07. The van der Waals surface area contributed by atoms with Crippen LogP contribution in [0.15, 0.2) is 54.9 Å². The van der Waals surface area contributed by atoms with Crippen molar-refractivity contribution in [1.82, 2.24) is 14.3 Å². The molecule has 1 fully saturated rings. The highest BCUT2D eigenvalue weighted by atomic mass is 35.5. The number of thiophene rings is 1. The predicted molar refractivity (Wildman–Crippen MR) is 153 cm³/mol. The van der Waals surface area contributed by atoms with Crippen molar-refractivity contribution in [2.45, 2.75) is 45.1 Å². The van der Waals surface area contributed by atoms with Crippen LogP contribution in [0.4, 0.5) is 0 Å². The molecule has 3 aromatic heterocycles. The van der Waals surface area contributed by atoms with E-state index in [4.69, 9.17) is 26.8 Å². The largest absolute Gasteiger partial charge is 0.492 e. The van der Waals surface area contributed by atoms with Gasteiger partial charge in [0.1, 0.15) is 28.1 Å². The second-order valence-electron chi connectivity index (χ2n) is 9.64. The minimum atomic E-state index is -0.537. The molecule has 1 saturated heterocycles. The van der Waals surface area contributed by atoms with Gasteiger partial charge in [-0.25, -0.2) is 4.98 Å². The molecule has 200 valence electrons. The molecule has 1 aromatic carbocycles. The number of ether oxygens (including phenoxy) is 2. The van der Waals surface area contributed by atoms with E-state index >= 15 is 0 Å². The number of benzene rings is 1. The van der Waals surface area contributed by atoms with E-state index in [9.17, 15) is 4.79 Å². The van der Waals surface area contributed by atoms with E-state index in [1.165, 1.54) is 43.7 Å². The van der Waals surface area contributed by atoms with Crippen molar-refractivity contribution in [3.05, 3.63) is 70.3 Å². The summed E-state index contributed by atoms with van der Waals surface area (Å²) in [7, 11) is 0. The summed E-state index contributed by atoms with van der Waals surface area (Å²) in [5.41, 5.74) is 8.17. The number of hydrogen-bond acceptors (Lipinski definition) is 6. The summed E-state index contributed by atoms with van der Waals surface area (Å²) < 4.78 is 14.2. The van der Waals surface area contributed by atoms with E-state index in [1.54, 1.807) is 6.20 Å². The molecule has 4 aromatic rings. The fourth-order valence-electron chi connectivity index (χ4n) is 4.86. The topological polar surface area (TPSA) is 82.1 Å². The molecule has 7 nitrogen and oxygen atoms in total. The van der Waals surface area contributed by atoms with Gasteiger partial charge in [-0.3, -0.25) is 9.20 Å². The number of piperidine rings is 1. The van der Waals surface area contributed by atoms with Gasteiger partial charge in [0.25, 0.3) is 5.91 Å². The van der Waals surface area contributed by atoms with Crippen LogP contribution in [0.1, 0.15) is 60.4 Å². The van der Waals surface area contributed by atoms with Crippen molar-refractivity contribution in [1.29, 1.82) is 0 Å². The Morgan fingerprint density at radius 3 is 2.76 bits per heavy atom. The van der Waals surface area contributed by atoms with Gasteiger partial charge in [-0.15, -0.1) is 11.3 Å². The van der Waals surface area contributed by atoms with Crippen LogP contribution in [-0.2, 0) is 0 Å². The number of rotatable bonds is 11. The van der Waals surface area contributed by atoms with Crippen molar-refractivity contribution in [3.8, 4) is 22.1 Å². The Labute approximate surface area is 232 Å². The van der Waals surface area contributed by atoms with Crippen molar-refractivity contribution in [2.75, 3.05) is 26.2 Å². The average Bonchev–Trinajstić information content (AvgIpc) is 3.53. The first-order valence-corrected chi connectivity index (χ1v) is 14.4. The number of carbonyl (C=O) groups excluding carboxylic acids is 1. The molecule has 38 heavy (non-hydrogen) atoms. The highest BCUT2D eigenvalue weighted by molar-refractivity contribution is 7.17. The molecule has 4 heterocycles. The van der Waals surface area contributed by atoms with Gasteiger partial charge in [-0.2, -0.15) is 0 Å². The number of imidazole rings is 1. The van der Waals surface area contributed by atoms with Gasteiger partial charge in [0.15, 0.2) is 0 Å². The van der Waals surface area contributed by atoms with E-state index in [0.717, 1.165) is 46.9 Å². The molecule has 0 saturated carbocycles. The number of primary amides is 1. The number of likely N-dealkylation sites (tertiary alicyclic amines) is 1. The minimum absolute atomic E-state index is 0.356. The summed E-state index contributed by atoms with van der Waals surface area (Å²) in [6, 6.07) is 13.2. The standard InChI is InChI=1S/C29H33ClN4O3S/c1-20(22-9-3-4-10-23(22)30)37-25-17-26(38-28(25)29(31)35)24-18-32-27-12-11-21(19-34(24)27)36-16-8-7-15-33-13-5-2-6-14-33/h3-4,9-12,17-20H,2,5-8,13-16H2,1H3,(H2,31,35). The summed E-state index contributed by atoms with van der Waals surface area (Å²) >= 11 is 7.64. The molecule has 0 aliphatic carbocycles. The first-order chi connectivity index (χ1) is 18.5. The van der Waals surface area contributed by atoms with Crippen LogP contribution in [0.2, 0.25) is 5.02 Å². The molecule has 1 atom stereocenters. The molecular weight excluding hydrogens is 520 g/mol. The zero-order chi connectivity index (χ0) is 26.5. The fourth-order valence-corrected chi connectivity index (χ4v) is 6.10. The predicted octanol–water partition coefficient (Wildman–Crippen LogP) is 6.60. The molecule has 1 aliphatic heterocycles. The van der Waals surface area contributed by atoms with Crippen LogP contribution >= 0.6 is 22.9 Å². The number of fused-ring (bicyclic) bond motifs is 1. The SMILES string of the molecule is CC(Oc1cc(-c2cnc3ccc(OCCCCN4CCCCC4)cn23)sc1C(N)=O)c1ccccc1Cl. The van der Waals surface area contributed by atoms with Crippen LogP contribution < -0.4 is 15.2 Å². The van der Waals surface area contributed by atoms with E-state index in [1.807, 2.05) is 60.0 Å². The maximum Gasteiger partial charge on any atom is 0.262 e. The Morgan fingerprint density at radius 1 is 1.16 bits per heavy atom. The number of hydrogen-bond donors (Lipinski definition) is 1. The van der Waals surface area contributed by atoms with E-state index in [-0.39, 0.29) is 6.10 Å². The lowest BCUT2D eigenvalue weighted by Gasteiger charge is -2.26. The first-order valence-electron chi connectivity index (χ1n) is 13.2. The van der Waals surface area contributed by atoms with Gasteiger partial charge in [-0.05, 0) is 70.4 Å². The molecule has 0 radical (unpaired) electrons. The molecule has 2 N–H and O–H groups in total. The molecule has 0 bridgehead atoms. The molecule has 1 unspecified atom stereocenters. The average molecular weight is 553 g/mol. The lowest BCUT2D eigenvalue weighted by atomic mass is 10.1. The molecule has 1 aliphatic rings. The minimum Gasteiger partial charge on any atom is -0.492 e. The number of halogens is 1. The monoisotopic (exact) mass is 552 g/mol. The van der Waals surface area contributed by atoms with E-state index in [0.29, 0.717) is 22.3 Å². The van der Waals surface area contributed by atoms with Gasteiger partial charge >= 0.3 is 0 Å². The highest BCUT2D eigenvalue weighted by Crippen LogP contribution is 2.39. The van der Waals surface area contributed by atoms with Crippen LogP contribution in [0.3, 0.4) is 0 Å². The second kappa shape index (κ2) is 12.2. The van der Waals surface area contributed by atoms with Gasteiger partial charge < -0.3 is 20.1 Å². The zero-order valence-electron chi connectivity index (χ0n) is 21.6. The third kappa shape index (κ3) is 6.14. The summed E-state index contributed by atoms with van der Waals surface area (Å²) in [6.07, 6.45) is 9.53. The summed E-state index contributed by atoms with van der Waals surface area (Å²) in [5.74, 6) is 0.677. The fraction of sp³-hybridized carbons (Fsp3) is 0.379. The number of pyridine rings is 1. The molecule has 1 amide bonds. The number of nitrogens with zero attached hydrogens (tertiary/aromatic N) is 3. The second-order valence-corrected chi connectivity index (χ2v) is 11.1. The maximum atomic E-state index is 12.3. The maximum absolute atomic E-state index is 12.3. The quantitative estimate of drug-likeness (QED) is 0.212. The molecule has 5 rings (SSSR count). The van der Waals surface area contributed by atoms with Crippen LogP contribution in [0, 0.1) is 0 Å². The molecular formula is C29H33ClN4O3S. The Morgan fingerprint density at radius 2 is 1.97 bits per heavy atom. The van der Waals surface area contributed by atoms with Crippen molar-refractivity contribution in [3.63, 3.8) is 0 Å².